The van der Waals surface area contributed by atoms with Crippen LogP contribution in [0.1, 0.15) is 45.0 Å². The molecule has 19 heavy (non-hydrogen) atoms. The molecule has 0 aliphatic rings. The molecule has 0 saturated carbocycles. The molecule has 0 bridgehead atoms. The third kappa shape index (κ3) is 5.55. The fraction of sp³-hybridized carbons (Fsp3) is 0.733. The predicted octanol–water partition coefficient (Wildman–Crippen LogP) is 2.91. The van der Waals surface area contributed by atoms with Crippen LogP contribution in [-0.2, 0) is 0 Å². The van der Waals surface area contributed by atoms with E-state index in [4.69, 9.17) is 0 Å². The van der Waals surface area contributed by atoms with Crippen molar-refractivity contribution in [2.24, 2.45) is 5.41 Å². The number of nitrogens with one attached hydrogen (secondary N) is 1. The summed E-state index contributed by atoms with van der Waals surface area (Å²) in [5.41, 5.74) is 2.31. The average molecular weight is 264 g/mol. The van der Waals surface area contributed by atoms with Crippen molar-refractivity contribution in [3.05, 3.63) is 17.5 Å². The third-order valence-electron chi connectivity index (χ3n) is 2.93. The van der Waals surface area contributed by atoms with Gasteiger partial charge in [-0.05, 0) is 38.4 Å². The number of aromatic nitrogens is 2. The fourth-order valence-electron chi connectivity index (χ4n) is 2.20. The molecule has 0 spiro atoms. The average Bonchev–Trinajstić information content (AvgIpc) is 2.24. The van der Waals surface area contributed by atoms with E-state index in [9.17, 15) is 0 Å². The maximum absolute atomic E-state index is 4.58. The van der Waals surface area contributed by atoms with Gasteiger partial charge in [-0.1, -0.05) is 27.7 Å². The van der Waals surface area contributed by atoms with Gasteiger partial charge in [0.25, 0.3) is 0 Å². The van der Waals surface area contributed by atoms with Gasteiger partial charge < -0.3 is 10.2 Å². The first-order valence-electron chi connectivity index (χ1n) is 6.94. The van der Waals surface area contributed by atoms with Crippen LogP contribution in [0.3, 0.4) is 0 Å². The zero-order valence-corrected chi connectivity index (χ0v) is 13.4. The summed E-state index contributed by atoms with van der Waals surface area (Å²) in [5, 5.41) is 3.38. The summed E-state index contributed by atoms with van der Waals surface area (Å²) in [6, 6.07) is 2.06. The lowest BCUT2D eigenvalue weighted by atomic mass is 9.93. The molecule has 0 aliphatic carbocycles. The van der Waals surface area contributed by atoms with Gasteiger partial charge in [-0.15, -0.1) is 0 Å². The third-order valence-corrected chi connectivity index (χ3v) is 2.93. The van der Waals surface area contributed by atoms with E-state index in [1.807, 2.05) is 6.92 Å². The summed E-state index contributed by atoms with van der Waals surface area (Å²) in [6.45, 7) is 12.7. The summed E-state index contributed by atoms with van der Waals surface area (Å²) in [7, 11) is 4.20. The second-order valence-corrected chi connectivity index (χ2v) is 6.67. The molecule has 1 aromatic rings. The van der Waals surface area contributed by atoms with Crippen LogP contribution in [0.2, 0.25) is 0 Å². The van der Waals surface area contributed by atoms with Crippen molar-refractivity contribution in [3.63, 3.8) is 0 Å². The van der Waals surface area contributed by atoms with E-state index in [1.54, 1.807) is 0 Å². The van der Waals surface area contributed by atoms with Gasteiger partial charge in [-0.3, -0.25) is 0 Å². The van der Waals surface area contributed by atoms with Crippen molar-refractivity contribution in [2.45, 2.75) is 40.5 Å². The van der Waals surface area contributed by atoms with Crippen LogP contribution in [-0.4, -0.2) is 42.1 Å². The van der Waals surface area contributed by atoms with Crippen molar-refractivity contribution in [2.75, 3.05) is 32.5 Å². The number of hydrogen-bond acceptors (Lipinski definition) is 4. The zero-order valence-electron chi connectivity index (χ0n) is 13.4. The monoisotopic (exact) mass is 264 g/mol. The lowest BCUT2D eigenvalue weighted by Crippen LogP contribution is -2.34. The molecule has 1 rings (SSSR count). The summed E-state index contributed by atoms with van der Waals surface area (Å²) in [5.74, 6) is 1.17. The molecule has 0 fully saturated rings. The lowest BCUT2D eigenvalue weighted by molar-refractivity contribution is 0.254. The SMILES string of the molecule is Cc1cc(C(C)C)nc(NCC(C)(C)CN(C)C)n1. The van der Waals surface area contributed by atoms with Crippen LogP contribution < -0.4 is 5.32 Å². The Labute approximate surface area is 117 Å². The van der Waals surface area contributed by atoms with Crippen LogP contribution in [0.15, 0.2) is 6.07 Å². The van der Waals surface area contributed by atoms with Gasteiger partial charge in [-0.2, -0.15) is 0 Å². The predicted molar refractivity (Wildman–Crippen MR) is 81.7 cm³/mol. The number of hydrogen-bond donors (Lipinski definition) is 1. The van der Waals surface area contributed by atoms with E-state index in [0.717, 1.165) is 30.4 Å². The fourth-order valence-corrected chi connectivity index (χ4v) is 2.20. The minimum Gasteiger partial charge on any atom is -0.354 e. The molecule has 4 nitrogen and oxygen atoms in total. The van der Waals surface area contributed by atoms with Crippen molar-refractivity contribution in [1.82, 2.24) is 14.9 Å². The summed E-state index contributed by atoms with van der Waals surface area (Å²) in [4.78, 5) is 11.2. The van der Waals surface area contributed by atoms with Gasteiger partial charge in [0.2, 0.25) is 5.95 Å². The van der Waals surface area contributed by atoms with E-state index < -0.39 is 0 Å². The first-order chi connectivity index (χ1) is 8.69. The van der Waals surface area contributed by atoms with Gasteiger partial charge in [-0.25, -0.2) is 9.97 Å². The minimum absolute atomic E-state index is 0.189. The summed E-state index contributed by atoms with van der Waals surface area (Å²) >= 11 is 0. The molecule has 1 N–H and O–H groups in total. The molecule has 0 saturated heterocycles. The van der Waals surface area contributed by atoms with Crippen LogP contribution >= 0.6 is 0 Å². The molecule has 108 valence electrons. The van der Waals surface area contributed by atoms with E-state index in [0.29, 0.717) is 5.92 Å². The highest BCUT2D eigenvalue weighted by atomic mass is 15.1. The highest BCUT2D eigenvalue weighted by Crippen LogP contribution is 2.18. The Kier molecular flexibility index (Phi) is 5.29. The van der Waals surface area contributed by atoms with Gasteiger partial charge in [0.1, 0.15) is 0 Å². The highest BCUT2D eigenvalue weighted by molar-refractivity contribution is 5.29. The first-order valence-corrected chi connectivity index (χ1v) is 6.94. The topological polar surface area (TPSA) is 41.1 Å². The van der Waals surface area contributed by atoms with E-state index in [2.05, 4.69) is 68.0 Å². The largest absolute Gasteiger partial charge is 0.354 e. The molecule has 0 amide bonds. The Morgan fingerprint density at radius 3 is 2.42 bits per heavy atom. The maximum atomic E-state index is 4.58. The Hall–Kier alpha value is -1.16. The van der Waals surface area contributed by atoms with E-state index in [-0.39, 0.29) is 5.41 Å². The van der Waals surface area contributed by atoms with Crippen LogP contribution in [0, 0.1) is 12.3 Å². The van der Waals surface area contributed by atoms with Crippen molar-refractivity contribution < 1.29 is 0 Å². The standard InChI is InChI=1S/C15H28N4/c1-11(2)13-8-12(3)17-14(18-13)16-9-15(4,5)10-19(6)7/h8,11H,9-10H2,1-7H3,(H,16,17,18). The van der Waals surface area contributed by atoms with Crippen molar-refractivity contribution >= 4 is 5.95 Å². The molecule has 1 aromatic heterocycles. The summed E-state index contributed by atoms with van der Waals surface area (Å²) < 4.78 is 0. The highest BCUT2D eigenvalue weighted by Gasteiger charge is 2.19. The molecule has 0 atom stereocenters. The maximum Gasteiger partial charge on any atom is 0.223 e. The number of aryl methyl sites for hydroxylation is 1. The van der Waals surface area contributed by atoms with Gasteiger partial charge in [0.15, 0.2) is 0 Å². The Balaban J connectivity index is 2.72. The van der Waals surface area contributed by atoms with Crippen LogP contribution in [0.25, 0.3) is 0 Å². The second kappa shape index (κ2) is 6.33. The molecule has 0 unspecified atom stereocenters. The second-order valence-electron chi connectivity index (χ2n) is 6.67. The Bertz CT molecular complexity index is 411. The molecular weight excluding hydrogens is 236 g/mol. The summed E-state index contributed by atoms with van der Waals surface area (Å²) in [6.07, 6.45) is 0. The minimum atomic E-state index is 0.189. The normalized spacial score (nSPS) is 12.3. The van der Waals surface area contributed by atoms with Crippen molar-refractivity contribution in [3.8, 4) is 0 Å². The van der Waals surface area contributed by atoms with Crippen molar-refractivity contribution in [1.29, 1.82) is 0 Å². The quantitative estimate of drug-likeness (QED) is 0.857. The number of anilines is 1. The molecule has 0 radical (unpaired) electrons. The molecule has 0 aliphatic heterocycles. The van der Waals surface area contributed by atoms with E-state index in [1.165, 1.54) is 0 Å². The van der Waals surface area contributed by atoms with Crippen LogP contribution in [0.4, 0.5) is 5.95 Å². The Morgan fingerprint density at radius 2 is 1.89 bits per heavy atom. The lowest BCUT2D eigenvalue weighted by Gasteiger charge is -2.28. The number of nitrogens with zero attached hydrogens (tertiary/aromatic N) is 3. The Morgan fingerprint density at radius 1 is 1.26 bits per heavy atom. The smallest absolute Gasteiger partial charge is 0.223 e. The zero-order chi connectivity index (χ0) is 14.6. The van der Waals surface area contributed by atoms with Gasteiger partial charge in [0, 0.05) is 24.5 Å². The first kappa shape index (κ1) is 15.9. The van der Waals surface area contributed by atoms with Crippen LogP contribution in [0.5, 0.6) is 0 Å². The van der Waals surface area contributed by atoms with Gasteiger partial charge >= 0.3 is 0 Å². The number of rotatable bonds is 6. The molecule has 1 heterocycles. The van der Waals surface area contributed by atoms with Gasteiger partial charge in [0.05, 0.1) is 0 Å². The molecule has 0 aromatic carbocycles. The van der Waals surface area contributed by atoms with E-state index >= 15 is 0 Å². The molecule has 4 heteroatoms. The molecular formula is C15H28N4.